The molecule has 1 aliphatic rings. The van der Waals surface area contributed by atoms with Gasteiger partial charge in [0.05, 0.1) is 12.2 Å². The fraction of sp³-hybridized carbons (Fsp3) is 0.421. The highest BCUT2D eigenvalue weighted by atomic mass is 16.5. The Kier molecular flexibility index (Phi) is 5.48. The van der Waals surface area contributed by atoms with Crippen molar-refractivity contribution in [2.45, 2.75) is 32.8 Å². The molecular weight excluding hydrogens is 318 g/mol. The predicted octanol–water partition coefficient (Wildman–Crippen LogP) is 2.54. The van der Waals surface area contributed by atoms with Crippen molar-refractivity contribution in [1.29, 1.82) is 0 Å². The van der Waals surface area contributed by atoms with Gasteiger partial charge >= 0.3 is 0 Å². The van der Waals surface area contributed by atoms with Gasteiger partial charge in [-0.15, -0.1) is 5.10 Å². The summed E-state index contributed by atoms with van der Waals surface area (Å²) in [5, 5.41) is 8.02. The first kappa shape index (κ1) is 17.2. The third-order valence-electron chi connectivity index (χ3n) is 4.17. The molecule has 2 aromatic rings. The van der Waals surface area contributed by atoms with Crippen LogP contribution < -0.4 is 9.47 Å². The van der Waals surface area contributed by atoms with Crippen LogP contribution >= 0.6 is 0 Å². The molecule has 25 heavy (non-hydrogen) atoms. The summed E-state index contributed by atoms with van der Waals surface area (Å²) in [6, 6.07) is 11.4. The van der Waals surface area contributed by atoms with Crippen molar-refractivity contribution in [1.82, 2.24) is 15.1 Å². The van der Waals surface area contributed by atoms with Gasteiger partial charge < -0.3 is 14.4 Å². The highest BCUT2D eigenvalue weighted by molar-refractivity contribution is 5.77. The Labute approximate surface area is 147 Å². The molecular formula is C19H23N3O3. The summed E-state index contributed by atoms with van der Waals surface area (Å²) in [6.07, 6.45) is 1.74. The van der Waals surface area contributed by atoms with Gasteiger partial charge in [0.25, 0.3) is 5.91 Å². The Morgan fingerprint density at radius 2 is 1.96 bits per heavy atom. The smallest absolute Gasteiger partial charge is 0.260 e. The highest BCUT2D eigenvalue weighted by Gasteiger charge is 2.25. The fourth-order valence-corrected chi connectivity index (χ4v) is 2.75. The molecule has 3 rings (SSSR count). The van der Waals surface area contributed by atoms with Crippen LogP contribution in [0.2, 0.25) is 0 Å². The lowest BCUT2D eigenvalue weighted by atomic mass is 10.1. The molecule has 1 unspecified atom stereocenters. The normalized spacial score (nSPS) is 17.2. The predicted molar refractivity (Wildman–Crippen MR) is 93.7 cm³/mol. The number of ether oxygens (including phenoxy) is 2. The zero-order valence-corrected chi connectivity index (χ0v) is 14.6. The third kappa shape index (κ3) is 4.92. The van der Waals surface area contributed by atoms with E-state index >= 15 is 0 Å². The van der Waals surface area contributed by atoms with Crippen molar-refractivity contribution in [2.24, 2.45) is 0 Å². The van der Waals surface area contributed by atoms with Crippen LogP contribution in [-0.4, -0.2) is 46.8 Å². The van der Waals surface area contributed by atoms with Crippen molar-refractivity contribution >= 4 is 5.91 Å². The van der Waals surface area contributed by atoms with Crippen molar-refractivity contribution in [3.63, 3.8) is 0 Å². The molecule has 0 spiro atoms. The summed E-state index contributed by atoms with van der Waals surface area (Å²) >= 11 is 0. The summed E-state index contributed by atoms with van der Waals surface area (Å²) in [5.74, 6) is 1.18. The summed E-state index contributed by atoms with van der Waals surface area (Å²) in [4.78, 5) is 14.2. The van der Waals surface area contributed by atoms with Crippen LogP contribution in [0.25, 0.3) is 0 Å². The van der Waals surface area contributed by atoms with Crippen LogP contribution in [-0.2, 0) is 4.79 Å². The number of nitrogens with zero attached hydrogens (tertiary/aromatic N) is 3. The average Bonchev–Trinajstić information content (AvgIpc) is 2.63. The lowest BCUT2D eigenvalue weighted by molar-refractivity contribution is -0.136. The van der Waals surface area contributed by atoms with Crippen molar-refractivity contribution in [3.05, 3.63) is 47.7 Å². The second-order valence-electron chi connectivity index (χ2n) is 6.34. The average molecular weight is 341 g/mol. The quantitative estimate of drug-likeness (QED) is 0.836. The number of hydrogen-bond donors (Lipinski definition) is 0. The maximum atomic E-state index is 12.4. The Morgan fingerprint density at radius 1 is 1.16 bits per heavy atom. The van der Waals surface area contributed by atoms with Gasteiger partial charge in [-0.1, -0.05) is 17.7 Å². The molecule has 6 nitrogen and oxygen atoms in total. The number of aryl methyl sites for hydroxylation is 2. The second kappa shape index (κ2) is 7.96. The first-order valence-electron chi connectivity index (χ1n) is 8.54. The molecule has 1 aromatic heterocycles. The van der Waals surface area contributed by atoms with Crippen LogP contribution in [0.3, 0.4) is 0 Å². The Hall–Kier alpha value is -2.63. The number of benzene rings is 1. The topological polar surface area (TPSA) is 64.5 Å². The Balaban J connectivity index is 1.50. The van der Waals surface area contributed by atoms with Gasteiger partial charge in [-0.05, 0) is 44.9 Å². The standard InChI is InChI=1S/C19H23N3O3/c1-14-5-8-16(9-6-14)24-13-19(23)22-11-3-4-17(12-22)25-18-10-7-15(2)20-21-18/h5-10,17H,3-4,11-13H2,1-2H3. The summed E-state index contributed by atoms with van der Waals surface area (Å²) in [7, 11) is 0. The summed E-state index contributed by atoms with van der Waals surface area (Å²) < 4.78 is 11.4. The van der Waals surface area contributed by atoms with Crippen LogP contribution in [0, 0.1) is 13.8 Å². The minimum atomic E-state index is -0.0610. The number of hydrogen-bond acceptors (Lipinski definition) is 5. The zero-order chi connectivity index (χ0) is 17.6. The molecule has 1 atom stereocenters. The molecule has 0 bridgehead atoms. The van der Waals surface area contributed by atoms with Gasteiger partial charge in [-0.3, -0.25) is 4.79 Å². The summed E-state index contributed by atoms with van der Waals surface area (Å²) in [6.45, 7) is 5.22. The van der Waals surface area contributed by atoms with Gasteiger partial charge in [0.15, 0.2) is 6.61 Å². The van der Waals surface area contributed by atoms with E-state index in [-0.39, 0.29) is 18.6 Å². The number of likely N-dealkylation sites (tertiary alicyclic amines) is 1. The van der Waals surface area contributed by atoms with Crippen LogP contribution in [0.5, 0.6) is 11.6 Å². The number of amides is 1. The Bertz CT molecular complexity index is 701. The number of aromatic nitrogens is 2. The molecule has 1 saturated heterocycles. The number of carbonyl (C=O) groups is 1. The molecule has 1 fully saturated rings. The van der Waals surface area contributed by atoms with E-state index in [2.05, 4.69) is 10.2 Å². The molecule has 0 aliphatic carbocycles. The van der Waals surface area contributed by atoms with E-state index in [0.717, 1.165) is 30.6 Å². The van der Waals surface area contributed by atoms with E-state index in [1.165, 1.54) is 0 Å². The number of piperidine rings is 1. The molecule has 1 amide bonds. The number of rotatable bonds is 5. The monoisotopic (exact) mass is 341 g/mol. The molecule has 2 heterocycles. The minimum absolute atomic E-state index is 0.0242. The van der Waals surface area contributed by atoms with Crippen molar-refractivity contribution < 1.29 is 14.3 Å². The van der Waals surface area contributed by atoms with E-state index in [1.54, 1.807) is 4.90 Å². The van der Waals surface area contributed by atoms with Gasteiger partial charge in [0.1, 0.15) is 11.9 Å². The fourth-order valence-electron chi connectivity index (χ4n) is 2.75. The molecule has 1 aromatic carbocycles. The van der Waals surface area contributed by atoms with Gasteiger partial charge in [-0.2, -0.15) is 5.10 Å². The third-order valence-corrected chi connectivity index (χ3v) is 4.17. The first-order valence-corrected chi connectivity index (χ1v) is 8.54. The van der Waals surface area contributed by atoms with E-state index in [4.69, 9.17) is 9.47 Å². The highest BCUT2D eigenvalue weighted by Crippen LogP contribution is 2.17. The maximum absolute atomic E-state index is 12.4. The lowest BCUT2D eigenvalue weighted by Crippen LogP contribution is -2.46. The maximum Gasteiger partial charge on any atom is 0.260 e. The molecule has 1 aliphatic heterocycles. The van der Waals surface area contributed by atoms with Crippen LogP contribution in [0.4, 0.5) is 0 Å². The zero-order valence-electron chi connectivity index (χ0n) is 14.6. The Morgan fingerprint density at radius 3 is 2.68 bits per heavy atom. The van der Waals surface area contributed by atoms with Crippen LogP contribution in [0.15, 0.2) is 36.4 Å². The molecule has 0 saturated carbocycles. The minimum Gasteiger partial charge on any atom is -0.484 e. The van der Waals surface area contributed by atoms with Crippen LogP contribution in [0.1, 0.15) is 24.1 Å². The lowest BCUT2D eigenvalue weighted by Gasteiger charge is -2.32. The largest absolute Gasteiger partial charge is 0.484 e. The number of carbonyl (C=O) groups excluding carboxylic acids is 1. The van der Waals surface area contributed by atoms with Crippen molar-refractivity contribution in [3.8, 4) is 11.6 Å². The van der Waals surface area contributed by atoms with Gasteiger partial charge in [0.2, 0.25) is 5.88 Å². The van der Waals surface area contributed by atoms with Crippen molar-refractivity contribution in [2.75, 3.05) is 19.7 Å². The molecule has 0 radical (unpaired) electrons. The van der Waals surface area contributed by atoms with Gasteiger partial charge in [-0.25, -0.2) is 0 Å². The van der Waals surface area contributed by atoms with E-state index in [9.17, 15) is 4.79 Å². The molecule has 132 valence electrons. The molecule has 0 N–H and O–H groups in total. The second-order valence-corrected chi connectivity index (χ2v) is 6.34. The first-order chi connectivity index (χ1) is 12.1. The SMILES string of the molecule is Cc1ccc(OCC(=O)N2CCCC(Oc3ccc(C)nn3)C2)cc1. The summed E-state index contributed by atoms with van der Waals surface area (Å²) in [5.41, 5.74) is 2.01. The van der Waals surface area contributed by atoms with E-state index in [0.29, 0.717) is 18.2 Å². The van der Waals surface area contributed by atoms with Gasteiger partial charge in [0, 0.05) is 12.6 Å². The van der Waals surface area contributed by atoms with E-state index < -0.39 is 0 Å². The van der Waals surface area contributed by atoms with E-state index in [1.807, 2.05) is 50.2 Å². The molecule has 6 heteroatoms.